The maximum atomic E-state index is 11.6. The minimum atomic E-state index is -1.08. The number of carbonyl (C=O) groups is 3. The number of benzene rings is 1. The molecule has 0 unspecified atom stereocenters. The summed E-state index contributed by atoms with van der Waals surface area (Å²) >= 11 is 8.22. The van der Waals surface area contributed by atoms with Crippen LogP contribution in [0.5, 0.6) is 0 Å². The summed E-state index contributed by atoms with van der Waals surface area (Å²) in [7, 11) is 0. The Hall–Kier alpha value is -1.77. The van der Waals surface area contributed by atoms with Gasteiger partial charge < -0.3 is 20.4 Å². The minimum Gasteiger partial charge on any atom is -0.481 e. The van der Waals surface area contributed by atoms with Gasteiger partial charge in [0.05, 0.1) is 17.9 Å². The molecular weight excluding hydrogens is 416 g/mol. The van der Waals surface area contributed by atoms with Crippen LogP contribution >= 0.6 is 23.4 Å². The molecule has 1 aromatic carbocycles. The van der Waals surface area contributed by atoms with E-state index in [0.29, 0.717) is 5.91 Å². The smallest absolute Gasteiger partial charge is 0.303 e. The summed E-state index contributed by atoms with van der Waals surface area (Å²) in [6, 6.07) is 4.19. The number of carboxylic acids is 2. The Morgan fingerprint density at radius 3 is 2.41 bits per heavy atom. The van der Waals surface area contributed by atoms with Crippen LogP contribution in [0.25, 0.3) is 0 Å². The van der Waals surface area contributed by atoms with Crippen LogP contribution in [0, 0.1) is 0 Å². The molecule has 0 saturated carbocycles. The Morgan fingerprint density at radius 2 is 1.79 bits per heavy atom. The maximum absolute atomic E-state index is 11.6. The number of hydrogen-bond donors (Lipinski definition) is 3. The molecule has 2 aliphatic rings. The number of carbonyl (C=O) groups excluding carboxylic acids is 1. The van der Waals surface area contributed by atoms with Gasteiger partial charge in [0.1, 0.15) is 0 Å². The minimum absolute atomic E-state index is 0.296. The van der Waals surface area contributed by atoms with Gasteiger partial charge in [-0.25, -0.2) is 0 Å². The van der Waals surface area contributed by atoms with Gasteiger partial charge in [0.25, 0.3) is 0 Å². The topological polar surface area (TPSA) is 107 Å². The lowest BCUT2D eigenvalue weighted by Crippen LogP contribution is -2.26. The largest absolute Gasteiger partial charge is 0.481 e. The second-order valence-electron chi connectivity index (χ2n) is 6.88. The highest BCUT2D eigenvalue weighted by atomic mass is 35.5. The van der Waals surface area contributed by atoms with E-state index >= 15 is 0 Å². The van der Waals surface area contributed by atoms with Crippen LogP contribution in [0.1, 0.15) is 36.8 Å². The predicted octanol–water partition coefficient (Wildman–Crippen LogP) is 2.68. The predicted molar refractivity (Wildman–Crippen MR) is 113 cm³/mol. The van der Waals surface area contributed by atoms with Gasteiger partial charge in [-0.1, -0.05) is 17.7 Å². The Labute approximate surface area is 179 Å². The van der Waals surface area contributed by atoms with Gasteiger partial charge >= 0.3 is 11.9 Å². The Morgan fingerprint density at radius 1 is 1.10 bits per heavy atom. The quantitative estimate of drug-likeness (QED) is 0.557. The molecule has 0 aromatic heterocycles. The summed E-state index contributed by atoms with van der Waals surface area (Å²) in [6.45, 7) is 3.82. The molecule has 160 valence electrons. The van der Waals surface area contributed by atoms with Crippen LogP contribution < -0.4 is 5.32 Å². The van der Waals surface area contributed by atoms with Crippen LogP contribution in [-0.2, 0) is 27.2 Å². The fourth-order valence-electron chi connectivity index (χ4n) is 3.28. The van der Waals surface area contributed by atoms with E-state index in [1.165, 1.54) is 16.0 Å². The van der Waals surface area contributed by atoms with Crippen molar-refractivity contribution in [3.63, 3.8) is 0 Å². The molecule has 0 radical (unpaired) electrons. The number of rotatable bonds is 7. The van der Waals surface area contributed by atoms with Crippen molar-refractivity contribution in [3.05, 3.63) is 28.3 Å². The first-order valence-electron chi connectivity index (χ1n) is 9.73. The van der Waals surface area contributed by atoms with E-state index in [-0.39, 0.29) is 12.8 Å². The van der Waals surface area contributed by atoms with E-state index in [1.807, 2.05) is 11.0 Å². The van der Waals surface area contributed by atoms with Gasteiger partial charge in [0.15, 0.2) is 0 Å². The molecule has 9 heteroatoms. The number of hydrogen-bond acceptors (Lipinski definition) is 5. The zero-order valence-corrected chi connectivity index (χ0v) is 17.9. The van der Waals surface area contributed by atoms with E-state index in [0.717, 1.165) is 62.6 Å². The summed E-state index contributed by atoms with van der Waals surface area (Å²) in [5.41, 5.74) is 2.83. The van der Waals surface area contributed by atoms with E-state index in [4.69, 9.17) is 21.8 Å². The highest BCUT2D eigenvalue weighted by Crippen LogP contribution is 2.34. The van der Waals surface area contributed by atoms with Gasteiger partial charge in [-0.2, -0.15) is 0 Å². The standard InChI is InChI=1S/C16H21ClN2OS.C4H6O4/c17-14-4-3-12-5-7-18-8-6-13(12)16(14)21-11-10-19-9-1-2-15(19)20;5-3(6)1-2-4(7)8/h3-4,18H,1-2,5-11H2;1-2H2,(H,5,6)(H,7,8). The second-order valence-corrected chi connectivity index (χ2v) is 8.40. The number of halogens is 1. The molecule has 0 atom stereocenters. The molecule has 1 amide bonds. The third-order valence-corrected chi connectivity index (χ3v) is 6.33. The molecule has 3 rings (SSSR count). The SMILES string of the molecule is O=C(O)CCC(=O)O.O=C1CCCN1CCSc1c(Cl)ccc2c1CCNCC2. The second kappa shape index (κ2) is 12.0. The normalized spacial score (nSPS) is 15.9. The summed E-state index contributed by atoms with van der Waals surface area (Å²) in [4.78, 5) is 34.1. The third kappa shape index (κ3) is 7.87. The van der Waals surface area contributed by atoms with Crippen molar-refractivity contribution in [2.45, 2.75) is 43.4 Å². The summed E-state index contributed by atoms with van der Waals surface area (Å²) in [5.74, 6) is -0.924. The Balaban J connectivity index is 0.000000321. The average molecular weight is 443 g/mol. The molecule has 3 N–H and O–H groups in total. The van der Waals surface area contributed by atoms with Crippen molar-refractivity contribution < 1.29 is 24.6 Å². The molecule has 0 aliphatic carbocycles. The number of aliphatic carboxylic acids is 2. The number of nitrogens with zero attached hydrogens (tertiary/aromatic N) is 1. The summed E-state index contributed by atoms with van der Waals surface area (Å²) < 4.78 is 0. The van der Waals surface area contributed by atoms with E-state index in [1.54, 1.807) is 11.8 Å². The summed E-state index contributed by atoms with van der Waals surface area (Å²) in [5, 5.41) is 20.1. The molecule has 2 heterocycles. The van der Waals surface area contributed by atoms with Crippen molar-refractivity contribution in [2.75, 3.05) is 31.9 Å². The van der Waals surface area contributed by atoms with Crippen LogP contribution in [0.3, 0.4) is 0 Å². The number of thioether (sulfide) groups is 1. The van der Waals surface area contributed by atoms with Crippen molar-refractivity contribution in [1.82, 2.24) is 10.2 Å². The number of fused-ring (bicyclic) bond motifs is 1. The lowest BCUT2D eigenvalue weighted by molar-refractivity contribution is -0.143. The van der Waals surface area contributed by atoms with Gasteiger partial charge in [-0.3, -0.25) is 14.4 Å². The highest BCUT2D eigenvalue weighted by Gasteiger charge is 2.20. The van der Waals surface area contributed by atoms with Crippen LogP contribution in [-0.4, -0.2) is 64.9 Å². The zero-order chi connectivity index (χ0) is 21.2. The van der Waals surface area contributed by atoms with Crippen molar-refractivity contribution >= 4 is 41.2 Å². The average Bonchev–Trinajstić information content (AvgIpc) is 2.93. The van der Waals surface area contributed by atoms with Gasteiger partial charge in [-0.05, 0) is 49.5 Å². The molecule has 1 fully saturated rings. The molecule has 1 saturated heterocycles. The van der Waals surface area contributed by atoms with Crippen LogP contribution in [0.4, 0.5) is 0 Å². The molecule has 7 nitrogen and oxygen atoms in total. The van der Waals surface area contributed by atoms with Gasteiger partial charge in [0.2, 0.25) is 5.91 Å². The van der Waals surface area contributed by atoms with Crippen molar-refractivity contribution in [1.29, 1.82) is 0 Å². The van der Waals surface area contributed by atoms with E-state index in [9.17, 15) is 14.4 Å². The zero-order valence-electron chi connectivity index (χ0n) is 16.3. The fourth-order valence-corrected chi connectivity index (χ4v) is 4.75. The molecular formula is C20H27ClN2O5S. The highest BCUT2D eigenvalue weighted by molar-refractivity contribution is 7.99. The lowest BCUT2D eigenvalue weighted by atomic mass is 10.0. The first-order chi connectivity index (χ1) is 13.9. The van der Waals surface area contributed by atoms with Gasteiger partial charge in [-0.15, -0.1) is 11.8 Å². The molecule has 2 aliphatic heterocycles. The summed E-state index contributed by atoms with van der Waals surface area (Å²) in [6.07, 6.45) is 3.25. The first kappa shape index (κ1) is 23.5. The first-order valence-corrected chi connectivity index (χ1v) is 11.1. The van der Waals surface area contributed by atoms with Crippen molar-refractivity contribution in [2.24, 2.45) is 0 Å². The Kier molecular flexibility index (Phi) is 9.76. The molecule has 29 heavy (non-hydrogen) atoms. The van der Waals surface area contributed by atoms with E-state index < -0.39 is 11.9 Å². The molecule has 1 aromatic rings. The monoisotopic (exact) mass is 442 g/mol. The van der Waals surface area contributed by atoms with Gasteiger partial charge in [0, 0.05) is 30.2 Å². The molecule has 0 bridgehead atoms. The van der Waals surface area contributed by atoms with E-state index in [2.05, 4.69) is 11.4 Å². The number of amides is 1. The Bertz CT molecular complexity index is 730. The number of carboxylic acid groups (broad SMARTS) is 2. The number of likely N-dealkylation sites (tertiary alicyclic amines) is 1. The maximum Gasteiger partial charge on any atom is 0.303 e. The fraction of sp³-hybridized carbons (Fsp3) is 0.550. The number of nitrogens with one attached hydrogen (secondary N) is 1. The third-order valence-electron chi connectivity index (χ3n) is 4.76. The van der Waals surface area contributed by atoms with Crippen molar-refractivity contribution in [3.8, 4) is 0 Å². The molecule has 0 spiro atoms. The van der Waals surface area contributed by atoms with Crippen LogP contribution in [0.15, 0.2) is 17.0 Å². The lowest BCUT2D eigenvalue weighted by Gasteiger charge is -2.17. The van der Waals surface area contributed by atoms with Crippen LogP contribution in [0.2, 0.25) is 5.02 Å².